The molecule has 2 aliphatic heterocycles. The minimum Gasteiger partial charge on any atom is -0.454 e. The third-order valence-electron chi connectivity index (χ3n) is 7.69. The molecule has 0 fully saturated rings. The Hall–Kier alpha value is -2.97. The lowest BCUT2D eigenvalue weighted by Crippen LogP contribution is -2.38. The van der Waals surface area contributed by atoms with E-state index in [1.54, 1.807) is 23.1 Å². The summed E-state index contributed by atoms with van der Waals surface area (Å²) in [5.41, 5.74) is 4.43. The number of nitrogens with one attached hydrogen (secondary N) is 1. The predicted molar refractivity (Wildman–Crippen MR) is 197 cm³/mol. The molecule has 1 N–H and O–H groups in total. The van der Waals surface area contributed by atoms with Gasteiger partial charge in [0.1, 0.15) is 17.1 Å². The Labute approximate surface area is 302 Å². The summed E-state index contributed by atoms with van der Waals surface area (Å²) in [5.74, 6) is 1.07. The van der Waals surface area contributed by atoms with Crippen LogP contribution in [0.5, 0.6) is 23.0 Å². The molecule has 0 atom stereocenters. The van der Waals surface area contributed by atoms with E-state index in [9.17, 15) is 13.6 Å². The number of rotatable bonds is 4. The van der Waals surface area contributed by atoms with E-state index in [-0.39, 0.29) is 29.2 Å². The SMILES string of the molecule is CC(C)(C)OC(=O)N1CCc2ccc(Oc3ccc(I)cc3F)cc2CC1.Fc1cc(I)ccc1Oc1ccc2c(c1)CCNCC2. The zero-order valence-electron chi connectivity index (χ0n) is 26.7. The van der Waals surface area contributed by atoms with Crippen LogP contribution in [0.3, 0.4) is 0 Å². The highest BCUT2D eigenvalue weighted by atomic mass is 127. The van der Waals surface area contributed by atoms with Crippen LogP contribution in [-0.4, -0.2) is 42.8 Å². The van der Waals surface area contributed by atoms with Crippen LogP contribution in [0.2, 0.25) is 0 Å². The van der Waals surface area contributed by atoms with Crippen LogP contribution in [0.15, 0.2) is 72.8 Å². The molecule has 2 aliphatic rings. The third-order valence-corrected chi connectivity index (χ3v) is 9.04. The number of hydrogen-bond donors (Lipinski definition) is 1. The molecule has 4 aromatic rings. The van der Waals surface area contributed by atoms with Gasteiger partial charge < -0.3 is 24.4 Å². The van der Waals surface area contributed by atoms with Crippen molar-refractivity contribution in [2.24, 2.45) is 0 Å². The summed E-state index contributed by atoms with van der Waals surface area (Å²) in [7, 11) is 0. The summed E-state index contributed by atoms with van der Waals surface area (Å²) in [4.78, 5) is 14.1. The van der Waals surface area contributed by atoms with E-state index in [1.807, 2.05) is 57.2 Å². The van der Waals surface area contributed by atoms with Gasteiger partial charge in [-0.1, -0.05) is 12.1 Å². The number of benzene rings is 4. The quantitative estimate of drug-likeness (QED) is 0.207. The van der Waals surface area contributed by atoms with Crippen molar-refractivity contribution in [1.82, 2.24) is 10.2 Å². The smallest absolute Gasteiger partial charge is 0.410 e. The molecule has 6 rings (SSSR count). The van der Waals surface area contributed by atoms with Crippen LogP contribution in [0.25, 0.3) is 0 Å². The maximum absolute atomic E-state index is 14.0. The van der Waals surface area contributed by atoms with E-state index in [2.05, 4.69) is 56.6 Å². The molecule has 0 saturated carbocycles. The molecule has 0 saturated heterocycles. The molecular weight excluding hydrogens is 828 g/mol. The fourth-order valence-corrected chi connectivity index (χ4v) is 6.26. The molecule has 0 spiro atoms. The molecule has 0 unspecified atom stereocenters. The van der Waals surface area contributed by atoms with E-state index in [1.165, 1.54) is 28.8 Å². The Morgan fingerprint density at radius 1 is 0.681 bits per heavy atom. The highest BCUT2D eigenvalue weighted by Crippen LogP contribution is 2.30. The second-order valence-corrected chi connectivity index (χ2v) is 14.9. The zero-order valence-corrected chi connectivity index (χ0v) is 31.0. The second-order valence-electron chi connectivity index (χ2n) is 12.4. The van der Waals surface area contributed by atoms with Crippen molar-refractivity contribution in [3.05, 3.63) is 114 Å². The van der Waals surface area contributed by atoms with E-state index < -0.39 is 5.60 Å². The fraction of sp³-hybridized carbons (Fsp3) is 0.324. The number of ether oxygens (including phenoxy) is 3. The predicted octanol–water partition coefficient (Wildman–Crippen LogP) is 9.47. The Morgan fingerprint density at radius 3 is 1.66 bits per heavy atom. The van der Waals surface area contributed by atoms with Gasteiger partial charge in [-0.05, 0) is 188 Å². The van der Waals surface area contributed by atoms with Crippen LogP contribution in [0, 0.1) is 18.8 Å². The minimum absolute atomic E-state index is 0.208. The van der Waals surface area contributed by atoms with E-state index >= 15 is 0 Å². The van der Waals surface area contributed by atoms with Gasteiger partial charge in [-0.25, -0.2) is 13.6 Å². The molecule has 2 heterocycles. The lowest BCUT2D eigenvalue weighted by Gasteiger charge is -2.26. The van der Waals surface area contributed by atoms with E-state index in [0.29, 0.717) is 31.0 Å². The number of carbonyl (C=O) groups is 1. The molecule has 0 aromatic heterocycles. The molecule has 47 heavy (non-hydrogen) atoms. The van der Waals surface area contributed by atoms with Gasteiger partial charge >= 0.3 is 6.09 Å². The maximum atomic E-state index is 14.0. The van der Waals surface area contributed by atoms with Gasteiger partial charge in [-0.2, -0.15) is 0 Å². The summed E-state index contributed by atoms with van der Waals surface area (Å²) >= 11 is 4.15. The molecule has 248 valence electrons. The van der Waals surface area contributed by atoms with Crippen molar-refractivity contribution in [2.75, 3.05) is 26.2 Å². The maximum Gasteiger partial charge on any atom is 0.410 e. The lowest BCUT2D eigenvalue weighted by atomic mass is 10.0. The van der Waals surface area contributed by atoms with E-state index in [0.717, 1.165) is 45.1 Å². The number of amides is 1. The molecule has 10 heteroatoms. The first-order chi connectivity index (χ1) is 22.4. The van der Waals surface area contributed by atoms with Crippen molar-refractivity contribution in [2.45, 2.75) is 52.1 Å². The molecule has 0 radical (unpaired) electrons. The highest BCUT2D eigenvalue weighted by molar-refractivity contribution is 14.1. The van der Waals surface area contributed by atoms with Crippen molar-refractivity contribution in [3.8, 4) is 23.0 Å². The highest BCUT2D eigenvalue weighted by Gasteiger charge is 2.24. The molecule has 4 aromatic carbocycles. The Bertz CT molecular complexity index is 1730. The summed E-state index contributed by atoms with van der Waals surface area (Å²) < 4.78 is 46.4. The summed E-state index contributed by atoms with van der Waals surface area (Å²) in [5, 5.41) is 3.38. The number of hydrogen-bond acceptors (Lipinski definition) is 5. The van der Waals surface area contributed by atoms with Crippen molar-refractivity contribution >= 4 is 51.3 Å². The molecular formula is C37H38F2I2N2O4. The van der Waals surface area contributed by atoms with Gasteiger partial charge in [-0.3, -0.25) is 0 Å². The number of nitrogens with zero attached hydrogens (tertiary/aromatic N) is 1. The Balaban J connectivity index is 0.000000193. The Morgan fingerprint density at radius 2 is 1.15 bits per heavy atom. The molecule has 0 bridgehead atoms. The number of carbonyl (C=O) groups excluding carboxylic acids is 1. The summed E-state index contributed by atoms with van der Waals surface area (Å²) in [6.45, 7) is 8.80. The largest absolute Gasteiger partial charge is 0.454 e. The summed E-state index contributed by atoms with van der Waals surface area (Å²) in [6.07, 6.45) is 3.20. The minimum atomic E-state index is -0.505. The van der Waals surface area contributed by atoms with Gasteiger partial charge in [0.05, 0.1) is 0 Å². The van der Waals surface area contributed by atoms with Crippen LogP contribution in [-0.2, 0) is 30.4 Å². The van der Waals surface area contributed by atoms with Crippen molar-refractivity contribution in [3.63, 3.8) is 0 Å². The molecule has 1 amide bonds. The van der Waals surface area contributed by atoms with Crippen molar-refractivity contribution in [1.29, 1.82) is 0 Å². The van der Waals surface area contributed by atoms with Gasteiger partial charge in [0.2, 0.25) is 0 Å². The zero-order chi connectivity index (χ0) is 33.6. The van der Waals surface area contributed by atoms with Gasteiger partial charge in [-0.15, -0.1) is 0 Å². The van der Waals surface area contributed by atoms with Crippen molar-refractivity contribution < 1.29 is 27.8 Å². The first-order valence-corrected chi connectivity index (χ1v) is 17.8. The topological polar surface area (TPSA) is 60.0 Å². The van der Waals surface area contributed by atoms with E-state index in [4.69, 9.17) is 14.2 Å². The van der Waals surface area contributed by atoms with Crippen LogP contribution in [0.4, 0.5) is 13.6 Å². The van der Waals surface area contributed by atoms with Gasteiger partial charge in [0, 0.05) is 20.2 Å². The summed E-state index contributed by atoms with van der Waals surface area (Å²) in [6, 6.07) is 21.7. The fourth-order valence-electron chi connectivity index (χ4n) is 5.36. The average Bonchev–Trinajstić information content (AvgIpc) is 3.38. The van der Waals surface area contributed by atoms with Crippen LogP contribution >= 0.6 is 45.2 Å². The van der Waals surface area contributed by atoms with Crippen LogP contribution in [0.1, 0.15) is 43.0 Å². The average molecular weight is 867 g/mol. The number of fused-ring (bicyclic) bond motifs is 2. The van der Waals surface area contributed by atoms with Crippen LogP contribution < -0.4 is 14.8 Å². The number of halogens is 4. The Kier molecular flexibility index (Phi) is 12.0. The normalized spacial score (nSPS) is 14.4. The first-order valence-electron chi connectivity index (χ1n) is 15.6. The molecule has 0 aliphatic carbocycles. The second kappa shape index (κ2) is 16.0. The van der Waals surface area contributed by atoms with Gasteiger partial charge in [0.25, 0.3) is 0 Å². The standard InChI is InChI=1S/C21H23FINO3.C16H15FINO/c1-21(2,3)27-20(25)24-10-8-14-4-6-17(12-15(14)9-11-24)26-19-7-5-16(23)13-18(19)22;17-15-10-13(18)2-4-16(15)20-14-3-1-11-5-7-19-8-6-12(11)9-14/h4-7,12-13H,8-11H2,1-3H3;1-4,9-10,19H,5-8H2. The monoisotopic (exact) mass is 866 g/mol. The third kappa shape index (κ3) is 10.3. The molecule has 6 nitrogen and oxygen atoms in total. The lowest BCUT2D eigenvalue weighted by molar-refractivity contribution is 0.0258. The van der Waals surface area contributed by atoms with Gasteiger partial charge in [0.15, 0.2) is 23.1 Å². The first kappa shape index (κ1) is 35.3.